The van der Waals surface area contributed by atoms with Gasteiger partial charge in [0.15, 0.2) is 0 Å². The Hall–Kier alpha value is -0.660. The van der Waals surface area contributed by atoms with Crippen LogP contribution in [-0.2, 0) is 9.59 Å². The lowest BCUT2D eigenvalue weighted by molar-refractivity contribution is -0.137. The topological polar surface area (TPSA) is 34.1 Å². The molecule has 66 valence electrons. The van der Waals surface area contributed by atoms with Gasteiger partial charge in [0, 0.05) is 24.7 Å². The lowest BCUT2D eigenvalue weighted by Crippen LogP contribution is -2.33. The second kappa shape index (κ2) is 2.68. The fourth-order valence-electron chi connectivity index (χ4n) is 2.70. The molecule has 0 aromatic carbocycles. The summed E-state index contributed by atoms with van der Waals surface area (Å²) in [4.78, 5) is 22.9. The summed E-state index contributed by atoms with van der Waals surface area (Å²) in [6.45, 7) is 2.10. The highest BCUT2D eigenvalue weighted by atomic mass is 16.1. The predicted octanol–water partition coefficient (Wildman–Crippen LogP) is 1.58. The molecule has 0 saturated heterocycles. The van der Waals surface area contributed by atoms with Crippen molar-refractivity contribution in [3.05, 3.63) is 0 Å². The van der Waals surface area contributed by atoms with Gasteiger partial charge in [-0.15, -0.1) is 0 Å². The number of fused-ring (bicyclic) bond motifs is 1. The van der Waals surface area contributed by atoms with Gasteiger partial charge in [-0.25, -0.2) is 0 Å². The van der Waals surface area contributed by atoms with Crippen LogP contribution in [0.25, 0.3) is 0 Å². The van der Waals surface area contributed by atoms with Crippen LogP contribution in [0.2, 0.25) is 0 Å². The van der Waals surface area contributed by atoms with Crippen molar-refractivity contribution in [3.63, 3.8) is 0 Å². The van der Waals surface area contributed by atoms with E-state index in [1.165, 1.54) is 0 Å². The molecular formula is C10H14O2. The first kappa shape index (κ1) is 7.96. The highest BCUT2D eigenvalue weighted by molar-refractivity contribution is 5.96. The van der Waals surface area contributed by atoms with Gasteiger partial charge in [-0.3, -0.25) is 9.59 Å². The molecule has 0 heterocycles. The number of carbonyl (C=O) groups is 2. The van der Waals surface area contributed by atoms with Crippen LogP contribution in [0.5, 0.6) is 0 Å². The summed E-state index contributed by atoms with van der Waals surface area (Å²) in [6.07, 6.45) is 3.03. The molecule has 2 rings (SSSR count). The average Bonchev–Trinajstić information content (AvgIpc) is 2.42. The maximum absolute atomic E-state index is 11.5. The number of carbonyl (C=O) groups excluding carboxylic acids is 2. The van der Waals surface area contributed by atoms with E-state index in [2.05, 4.69) is 6.92 Å². The summed E-state index contributed by atoms with van der Waals surface area (Å²) in [5, 5.41) is 0. The summed E-state index contributed by atoms with van der Waals surface area (Å²) in [5.41, 5.74) is 0. The lowest BCUT2D eigenvalue weighted by atomic mass is 9.77. The monoisotopic (exact) mass is 166 g/mol. The van der Waals surface area contributed by atoms with Crippen LogP contribution in [-0.4, -0.2) is 11.6 Å². The van der Waals surface area contributed by atoms with E-state index >= 15 is 0 Å². The third kappa shape index (κ3) is 1.01. The van der Waals surface area contributed by atoms with E-state index in [9.17, 15) is 9.59 Å². The van der Waals surface area contributed by atoms with Crippen LogP contribution in [0.15, 0.2) is 0 Å². The van der Waals surface area contributed by atoms with Crippen molar-refractivity contribution >= 4 is 11.6 Å². The minimum Gasteiger partial charge on any atom is -0.299 e. The molecule has 2 heteroatoms. The van der Waals surface area contributed by atoms with Crippen molar-refractivity contribution < 1.29 is 9.59 Å². The van der Waals surface area contributed by atoms with Crippen molar-refractivity contribution in [2.75, 3.05) is 0 Å². The molecule has 2 aliphatic carbocycles. The van der Waals surface area contributed by atoms with E-state index in [1.54, 1.807) is 0 Å². The fraction of sp³-hybridized carbons (Fsp3) is 0.800. The molecule has 2 nitrogen and oxygen atoms in total. The molecule has 0 bridgehead atoms. The average molecular weight is 166 g/mol. The van der Waals surface area contributed by atoms with Crippen molar-refractivity contribution in [1.29, 1.82) is 0 Å². The van der Waals surface area contributed by atoms with Gasteiger partial charge in [0.2, 0.25) is 0 Å². The summed E-state index contributed by atoms with van der Waals surface area (Å²) in [5.74, 6) is 1.31. The molecule has 0 aromatic rings. The van der Waals surface area contributed by atoms with Gasteiger partial charge in [0.25, 0.3) is 0 Å². The zero-order valence-corrected chi connectivity index (χ0v) is 7.38. The first-order valence-electron chi connectivity index (χ1n) is 4.75. The fourth-order valence-corrected chi connectivity index (χ4v) is 2.70. The smallest absolute Gasteiger partial charge is 0.137 e. The van der Waals surface area contributed by atoms with E-state index in [-0.39, 0.29) is 11.8 Å². The third-order valence-corrected chi connectivity index (χ3v) is 3.38. The van der Waals surface area contributed by atoms with Crippen LogP contribution < -0.4 is 0 Å². The number of ketones is 2. The van der Waals surface area contributed by atoms with Gasteiger partial charge in [-0.1, -0.05) is 6.92 Å². The highest BCUT2D eigenvalue weighted by Crippen LogP contribution is 2.41. The Bertz CT molecular complexity index is 232. The Balaban J connectivity index is 2.24. The standard InChI is InChI=1S/C10H14O2/c1-6-2-3-7-8(11)4-5-9(12)10(6)7/h6-7,10H,2-5H2,1H3. The molecule has 0 aromatic heterocycles. The van der Waals surface area contributed by atoms with Crippen molar-refractivity contribution in [2.24, 2.45) is 17.8 Å². The zero-order chi connectivity index (χ0) is 8.72. The van der Waals surface area contributed by atoms with E-state index in [1.807, 2.05) is 0 Å². The van der Waals surface area contributed by atoms with Gasteiger partial charge in [-0.05, 0) is 18.8 Å². The summed E-state index contributed by atoms with van der Waals surface area (Å²) in [6, 6.07) is 0. The number of hydrogen-bond acceptors (Lipinski definition) is 2. The lowest BCUT2D eigenvalue weighted by Gasteiger charge is -2.24. The molecule has 0 radical (unpaired) electrons. The Morgan fingerprint density at radius 3 is 2.42 bits per heavy atom. The Labute approximate surface area is 72.3 Å². The first-order valence-corrected chi connectivity index (χ1v) is 4.75. The molecular weight excluding hydrogens is 152 g/mol. The molecule has 2 aliphatic rings. The second-order valence-electron chi connectivity index (χ2n) is 4.12. The van der Waals surface area contributed by atoms with E-state index in [0.29, 0.717) is 30.3 Å². The Morgan fingerprint density at radius 2 is 1.75 bits per heavy atom. The molecule has 2 saturated carbocycles. The second-order valence-corrected chi connectivity index (χ2v) is 4.12. The van der Waals surface area contributed by atoms with Crippen molar-refractivity contribution in [1.82, 2.24) is 0 Å². The maximum atomic E-state index is 11.5. The van der Waals surface area contributed by atoms with Gasteiger partial charge in [-0.2, -0.15) is 0 Å². The van der Waals surface area contributed by atoms with Crippen LogP contribution in [0.1, 0.15) is 32.6 Å². The highest BCUT2D eigenvalue weighted by Gasteiger charge is 2.44. The van der Waals surface area contributed by atoms with Crippen LogP contribution in [0, 0.1) is 17.8 Å². The van der Waals surface area contributed by atoms with Gasteiger partial charge in [0.1, 0.15) is 11.6 Å². The normalized spacial score (nSPS) is 41.6. The Morgan fingerprint density at radius 1 is 1.08 bits per heavy atom. The molecule has 12 heavy (non-hydrogen) atoms. The zero-order valence-electron chi connectivity index (χ0n) is 7.38. The minimum atomic E-state index is 0.0891. The first-order chi connectivity index (χ1) is 5.70. The number of rotatable bonds is 0. The van der Waals surface area contributed by atoms with Crippen molar-refractivity contribution in [3.8, 4) is 0 Å². The summed E-state index contributed by atoms with van der Waals surface area (Å²) in [7, 11) is 0. The van der Waals surface area contributed by atoms with E-state index < -0.39 is 0 Å². The van der Waals surface area contributed by atoms with E-state index in [0.717, 1.165) is 12.8 Å². The molecule has 0 N–H and O–H groups in total. The van der Waals surface area contributed by atoms with E-state index in [4.69, 9.17) is 0 Å². The Kier molecular flexibility index (Phi) is 1.78. The van der Waals surface area contributed by atoms with Gasteiger partial charge in [0.05, 0.1) is 0 Å². The molecule has 3 atom stereocenters. The molecule has 0 amide bonds. The van der Waals surface area contributed by atoms with Gasteiger partial charge >= 0.3 is 0 Å². The van der Waals surface area contributed by atoms with Crippen LogP contribution in [0.3, 0.4) is 0 Å². The van der Waals surface area contributed by atoms with Gasteiger partial charge < -0.3 is 0 Å². The summed E-state index contributed by atoms with van der Waals surface area (Å²) < 4.78 is 0. The third-order valence-electron chi connectivity index (χ3n) is 3.38. The molecule has 0 aliphatic heterocycles. The maximum Gasteiger partial charge on any atom is 0.137 e. The summed E-state index contributed by atoms with van der Waals surface area (Å²) >= 11 is 0. The quantitative estimate of drug-likeness (QED) is 0.547. The molecule has 0 spiro atoms. The minimum absolute atomic E-state index is 0.0891. The van der Waals surface area contributed by atoms with Crippen LogP contribution in [0.4, 0.5) is 0 Å². The molecule has 3 unspecified atom stereocenters. The number of Topliss-reactive ketones (excluding diaryl/α,β-unsaturated/α-hetero) is 2. The van der Waals surface area contributed by atoms with Crippen molar-refractivity contribution in [2.45, 2.75) is 32.6 Å². The predicted molar refractivity (Wildman–Crippen MR) is 44.6 cm³/mol. The van der Waals surface area contributed by atoms with Crippen LogP contribution >= 0.6 is 0 Å². The number of hydrogen-bond donors (Lipinski definition) is 0. The largest absolute Gasteiger partial charge is 0.299 e. The SMILES string of the molecule is CC1CCC2C(=O)CCC(=O)C12. The molecule has 2 fully saturated rings.